The zero-order valence-electron chi connectivity index (χ0n) is 8.87. The first-order valence-corrected chi connectivity index (χ1v) is 6.09. The summed E-state index contributed by atoms with van der Waals surface area (Å²) in [6.07, 6.45) is 2.83. The molecule has 4 heteroatoms. The fourth-order valence-corrected chi connectivity index (χ4v) is 2.09. The Morgan fingerprint density at radius 3 is 2.50 bits per heavy atom. The zero-order valence-corrected chi connectivity index (χ0v) is 10.5. The van der Waals surface area contributed by atoms with Gasteiger partial charge < -0.3 is 10.4 Å². The van der Waals surface area contributed by atoms with Crippen molar-refractivity contribution < 1.29 is 9.90 Å². The average Bonchev–Trinajstić information content (AvgIpc) is 3.01. The lowest BCUT2D eigenvalue weighted by Crippen LogP contribution is -2.40. The molecule has 0 atom stereocenters. The number of aliphatic hydroxyl groups is 1. The second-order valence-electron chi connectivity index (χ2n) is 4.29. The summed E-state index contributed by atoms with van der Waals surface area (Å²) >= 11 is 3.39. The second-order valence-corrected chi connectivity index (χ2v) is 5.21. The molecule has 0 heterocycles. The number of carbonyl (C=O) groups excluding carboxylic acids is 1. The van der Waals surface area contributed by atoms with Crippen molar-refractivity contribution in [2.45, 2.75) is 24.8 Å². The molecular formula is C12H14BrNO2. The second kappa shape index (κ2) is 4.55. The monoisotopic (exact) mass is 283 g/mol. The summed E-state index contributed by atoms with van der Waals surface area (Å²) < 4.78 is 1.06. The fraction of sp³-hybridized carbons (Fsp3) is 0.417. The number of hydrogen-bond donors (Lipinski definition) is 2. The Morgan fingerprint density at radius 2 is 2.00 bits per heavy atom. The number of carbonyl (C=O) groups is 1. The first-order chi connectivity index (χ1) is 7.63. The maximum atomic E-state index is 11.1. The van der Waals surface area contributed by atoms with Gasteiger partial charge >= 0.3 is 0 Å². The van der Waals surface area contributed by atoms with Crippen LogP contribution in [0, 0.1) is 0 Å². The Bertz CT molecular complexity index is 385. The average molecular weight is 284 g/mol. The Labute approximate surface area is 103 Å². The molecule has 16 heavy (non-hydrogen) atoms. The number of amides is 1. The largest absolute Gasteiger partial charge is 0.387 e. The van der Waals surface area contributed by atoms with Crippen molar-refractivity contribution >= 4 is 21.8 Å². The molecule has 0 saturated heterocycles. The van der Waals surface area contributed by atoms with Crippen LogP contribution in [0.3, 0.4) is 0 Å². The summed E-state index contributed by atoms with van der Waals surface area (Å²) in [7, 11) is 0. The van der Waals surface area contributed by atoms with Crippen LogP contribution in [0.15, 0.2) is 28.7 Å². The third kappa shape index (κ3) is 2.83. The molecule has 1 fully saturated rings. The van der Waals surface area contributed by atoms with Gasteiger partial charge in [0.25, 0.3) is 0 Å². The van der Waals surface area contributed by atoms with Gasteiger partial charge in [0.15, 0.2) is 0 Å². The number of hydrogen-bond acceptors (Lipinski definition) is 2. The van der Waals surface area contributed by atoms with E-state index in [0.717, 1.165) is 23.7 Å². The molecule has 1 saturated carbocycles. The smallest absolute Gasteiger partial charge is 0.246 e. The standard InChI is InChI=1S/C12H14BrNO2/c13-10-3-1-9(2-4-10)7-12(5-6-12)14-11(16)8-15/h1-4,15H,5-8H2,(H,14,16). The van der Waals surface area contributed by atoms with Gasteiger partial charge in [-0.25, -0.2) is 0 Å². The van der Waals surface area contributed by atoms with Gasteiger partial charge in [0.2, 0.25) is 5.91 Å². The van der Waals surface area contributed by atoms with Gasteiger partial charge in [0.05, 0.1) is 0 Å². The predicted molar refractivity (Wildman–Crippen MR) is 65.0 cm³/mol. The van der Waals surface area contributed by atoms with Crippen molar-refractivity contribution in [2.24, 2.45) is 0 Å². The fourth-order valence-electron chi connectivity index (χ4n) is 1.83. The third-order valence-electron chi connectivity index (χ3n) is 2.86. The van der Waals surface area contributed by atoms with Gasteiger partial charge in [-0.1, -0.05) is 28.1 Å². The quantitative estimate of drug-likeness (QED) is 0.883. The van der Waals surface area contributed by atoms with E-state index in [4.69, 9.17) is 5.11 Å². The molecule has 2 N–H and O–H groups in total. The maximum Gasteiger partial charge on any atom is 0.246 e. The number of halogens is 1. The van der Waals surface area contributed by atoms with Gasteiger partial charge in [0, 0.05) is 10.0 Å². The molecule has 1 aliphatic carbocycles. The highest BCUT2D eigenvalue weighted by molar-refractivity contribution is 9.10. The summed E-state index contributed by atoms with van der Waals surface area (Å²) in [5.74, 6) is -0.283. The van der Waals surface area contributed by atoms with E-state index in [0.29, 0.717) is 0 Å². The highest BCUT2D eigenvalue weighted by Crippen LogP contribution is 2.38. The van der Waals surface area contributed by atoms with E-state index < -0.39 is 6.61 Å². The zero-order chi connectivity index (χ0) is 11.6. The minimum atomic E-state index is -0.428. The highest BCUT2D eigenvalue weighted by Gasteiger charge is 2.43. The van der Waals surface area contributed by atoms with Crippen LogP contribution in [0.1, 0.15) is 18.4 Å². The maximum absolute atomic E-state index is 11.1. The topological polar surface area (TPSA) is 49.3 Å². The van der Waals surface area contributed by atoms with Gasteiger partial charge in [-0.2, -0.15) is 0 Å². The van der Waals surface area contributed by atoms with E-state index in [-0.39, 0.29) is 11.4 Å². The molecule has 0 aliphatic heterocycles. The molecule has 1 aliphatic rings. The minimum absolute atomic E-state index is 0.104. The number of benzene rings is 1. The number of aliphatic hydroxyl groups excluding tert-OH is 1. The van der Waals surface area contributed by atoms with E-state index in [1.54, 1.807) is 0 Å². The summed E-state index contributed by atoms with van der Waals surface area (Å²) in [6.45, 7) is -0.428. The molecule has 2 rings (SSSR count). The van der Waals surface area contributed by atoms with Crippen LogP contribution in [0.4, 0.5) is 0 Å². The molecule has 0 unspecified atom stereocenters. The van der Waals surface area contributed by atoms with Crippen LogP contribution < -0.4 is 5.32 Å². The number of nitrogens with one attached hydrogen (secondary N) is 1. The molecule has 0 spiro atoms. The van der Waals surface area contributed by atoms with Crippen molar-refractivity contribution in [2.75, 3.05) is 6.61 Å². The van der Waals surface area contributed by atoms with Crippen molar-refractivity contribution in [3.05, 3.63) is 34.3 Å². The van der Waals surface area contributed by atoms with Crippen LogP contribution >= 0.6 is 15.9 Å². The number of rotatable bonds is 4. The van der Waals surface area contributed by atoms with E-state index in [2.05, 4.69) is 33.4 Å². The van der Waals surface area contributed by atoms with Crippen molar-refractivity contribution in [1.82, 2.24) is 5.32 Å². The summed E-state index contributed by atoms with van der Waals surface area (Å²) in [5, 5.41) is 11.6. The van der Waals surface area contributed by atoms with E-state index in [1.165, 1.54) is 5.56 Å². The van der Waals surface area contributed by atoms with E-state index >= 15 is 0 Å². The van der Waals surface area contributed by atoms with Gasteiger partial charge in [-0.05, 0) is 37.0 Å². The van der Waals surface area contributed by atoms with Crippen LogP contribution in [0.25, 0.3) is 0 Å². The van der Waals surface area contributed by atoms with Crippen LogP contribution in [-0.2, 0) is 11.2 Å². The van der Waals surface area contributed by atoms with Crippen molar-refractivity contribution in [3.8, 4) is 0 Å². The Hall–Kier alpha value is -0.870. The lowest BCUT2D eigenvalue weighted by molar-refractivity contribution is -0.124. The lowest BCUT2D eigenvalue weighted by Gasteiger charge is -2.16. The van der Waals surface area contributed by atoms with Crippen molar-refractivity contribution in [1.29, 1.82) is 0 Å². The lowest BCUT2D eigenvalue weighted by atomic mass is 10.0. The van der Waals surface area contributed by atoms with Crippen LogP contribution in [0.5, 0.6) is 0 Å². The Kier molecular flexibility index (Phi) is 3.30. The highest BCUT2D eigenvalue weighted by atomic mass is 79.9. The molecule has 0 aromatic heterocycles. The minimum Gasteiger partial charge on any atom is -0.387 e. The van der Waals surface area contributed by atoms with Crippen molar-refractivity contribution in [3.63, 3.8) is 0 Å². The first-order valence-electron chi connectivity index (χ1n) is 5.30. The molecule has 0 radical (unpaired) electrons. The molecule has 0 bridgehead atoms. The molecule has 1 aromatic rings. The third-order valence-corrected chi connectivity index (χ3v) is 3.39. The molecular weight excluding hydrogens is 270 g/mol. The first kappa shape index (κ1) is 11.6. The van der Waals surface area contributed by atoms with Gasteiger partial charge in [-0.3, -0.25) is 4.79 Å². The predicted octanol–water partition coefficient (Wildman–Crippen LogP) is 1.63. The van der Waals surface area contributed by atoms with Crippen LogP contribution in [0.2, 0.25) is 0 Å². The summed E-state index contributed by atoms with van der Waals surface area (Å²) in [6, 6.07) is 8.10. The SMILES string of the molecule is O=C(CO)NC1(Cc2ccc(Br)cc2)CC1. The molecule has 1 amide bonds. The van der Waals surface area contributed by atoms with Gasteiger partial charge in [-0.15, -0.1) is 0 Å². The van der Waals surface area contributed by atoms with E-state index in [1.807, 2.05) is 12.1 Å². The summed E-state index contributed by atoms with van der Waals surface area (Å²) in [4.78, 5) is 11.1. The van der Waals surface area contributed by atoms with Gasteiger partial charge in [0.1, 0.15) is 6.61 Å². The molecule has 86 valence electrons. The molecule has 1 aromatic carbocycles. The Morgan fingerprint density at radius 1 is 1.38 bits per heavy atom. The van der Waals surface area contributed by atoms with E-state index in [9.17, 15) is 4.79 Å². The molecule has 3 nitrogen and oxygen atoms in total. The normalized spacial score (nSPS) is 16.9. The Balaban J connectivity index is 1.99. The summed E-state index contributed by atoms with van der Waals surface area (Å²) in [5.41, 5.74) is 1.10. The van der Waals surface area contributed by atoms with Crippen LogP contribution in [-0.4, -0.2) is 23.2 Å².